The van der Waals surface area contributed by atoms with Gasteiger partial charge in [0.15, 0.2) is 21.5 Å². The molecule has 1 aliphatic rings. The lowest BCUT2D eigenvalue weighted by Crippen LogP contribution is -2.34. The highest BCUT2D eigenvalue weighted by Gasteiger charge is 2.29. The molecule has 1 N–H and O–H groups in total. The largest absolute Gasteiger partial charge is 0.371 e. The molecule has 0 spiro atoms. The summed E-state index contributed by atoms with van der Waals surface area (Å²) in [7, 11) is -4.18. The second-order valence-electron chi connectivity index (χ2n) is 4.24. The van der Waals surface area contributed by atoms with Crippen LogP contribution in [0.5, 0.6) is 0 Å². The van der Waals surface area contributed by atoms with Gasteiger partial charge in [0.2, 0.25) is 0 Å². The molecule has 0 saturated carbocycles. The van der Waals surface area contributed by atoms with Crippen molar-refractivity contribution in [1.82, 2.24) is 5.32 Å². The van der Waals surface area contributed by atoms with E-state index < -0.39 is 38.3 Å². The van der Waals surface area contributed by atoms with Gasteiger partial charge in [-0.25, -0.2) is 21.6 Å². The third-order valence-electron chi connectivity index (χ3n) is 2.79. The molecule has 2 rings (SSSR count). The molecule has 0 radical (unpaired) electrons. The highest BCUT2D eigenvalue weighted by atomic mass is 32.2. The van der Waals surface area contributed by atoms with E-state index in [-0.39, 0.29) is 18.7 Å². The molecular formula is C11H12F3NO3S. The summed E-state index contributed by atoms with van der Waals surface area (Å²) >= 11 is 0. The van der Waals surface area contributed by atoms with Crippen molar-refractivity contribution in [3.05, 3.63) is 29.1 Å². The van der Waals surface area contributed by atoms with Gasteiger partial charge in [0.1, 0.15) is 10.7 Å². The van der Waals surface area contributed by atoms with Crippen LogP contribution in [-0.2, 0) is 14.6 Å². The van der Waals surface area contributed by atoms with E-state index in [0.717, 1.165) is 0 Å². The van der Waals surface area contributed by atoms with Gasteiger partial charge < -0.3 is 10.1 Å². The van der Waals surface area contributed by atoms with E-state index in [9.17, 15) is 21.6 Å². The van der Waals surface area contributed by atoms with E-state index in [1.165, 1.54) is 0 Å². The molecule has 1 aliphatic heterocycles. The molecule has 1 unspecified atom stereocenters. The summed E-state index contributed by atoms with van der Waals surface area (Å²) in [5.41, 5.74) is -0.324. The Morgan fingerprint density at radius 1 is 1.32 bits per heavy atom. The summed E-state index contributed by atoms with van der Waals surface area (Å²) in [4.78, 5) is -1.25. The predicted molar refractivity (Wildman–Crippen MR) is 61.0 cm³/mol. The first-order chi connectivity index (χ1) is 8.82. The van der Waals surface area contributed by atoms with Crippen molar-refractivity contribution in [2.45, 2.75) is 11.0 Å². The van der Waals surface area contributed by atoms with E-state index in [2.05, 4.69) is 5.32 Å². The van der Waals surface area contributed by atoms with Gasteiger partial charge in [0, 0.05) is 24.9 Å². The molecule has 106 valence electrons. The molecule has 4 nitrogen and oxygen atoms in total. The number of nitrogens with one attached hydrogen (secondary N) is 1. The smallest absolute Gasteiger partial charge is 0.181 e. The Hall–Kier alpha value is -1.12. The molecule has 1 aromatic carbocycles. The number of halogens is 3. The first kappa shape index (κ1) is 14.3. The monoisotopic (exact) mass is 295 g/mol. The number of ether oxygens (including phenoxy) is 1. The Bertz CT molecular complexity index is 598. The van der Waals surface area contributed by atoms with Crippen LogP contribution in [0.25, 0.3) is 0 Å². The van der Waals surface area contributed by atoms with Crippen molar-refractivity contribution in [3.8, 4) is 0 Å². The Morgan fingerprint density at radius 3 is 2.53 bits per heavy atom. The minimum absolute atomic E-state index is 0.202. The van der Waals surface area contributed by atoms with Gasteiger partial charge in [-0.3, -0.25) is 0 Å². The quantitative estimate of drug-likeness (QED) is 0.832. The molecule has 1 saturated heterocycles. The lowest BCUT2D eigenvalue weighted by Gasteiger charge is -2.24. The maximum absolute atomic E-state index is 13.8. The van der Waals surface area contributed by atoms with E-state index in [4.69, 9.17) is 4.74 Å². The Balaban J connectivity index is 2.54. The summed E-state index contributed by atoms with van der Waals surface area (Å²) in [5.74, 6) is -4.41. The van der Waals surface area contributed by atoms with Gasteiger partial charge in [-0.2, -0.15) is 0 Å². The molecule has 0 bridgehead atoms. The van der Waals surface area contributed by atoms with Gasteiger partial charge in [-0.05, 0) is 6.07 Å². The van der Waals surface area contributed by atoms with E-state index in [1.807, 2.05) is 0 Å². The normalized spacial score (nSPS) is 20.5. The highest BCUT2D eigenvalue weighted by molar-refractivity contribution is 7.90. The fourth-order valence-electron chi connectivity index (χ4n) is 1.94. The van der Waals surface area contributed by atoms with Crippen molar-refractivity contribution in [3.63, 3.8) is 0 Å². The van der Waals surface area contributed by atoms with Crippen LogP contribution >= 0.6 is 0 Å². The summed E-state index contributed by atoms with van der Waals surface area (Å²) < 4.78 is 68.9. The van der Waals surface area contributed by atoms with Crippen LogP contribution in [0.1, 0.15) is 11.7 Å². The minimum Gasteiger partial charge on any atom is -0.371 e. The third kappa shape index (κ3) is 2.75. The first-order valence-corrected chi connectivity index (χ1v) is 7.41. The van der Waals surface area contributed by atoms with Crippen molar-refractivity contribution in [2.24, 2.45) is 0 Å². The maximum Gasteiger partial charge on any atom is 0.181 e. The molecule has 0 amide bonds. The van der Waals surface area contributed by atoms with E-state index >= 15 is 0 Å². The van der Waals surface area contributed by atoms with Crippen LogP contribution < -0.4 is 5.32 Å². The zero-order chi connectivity index (χ0) is 14.2. The zero-order valence-electron chi connectivity index (χ0n) is 10.0. The standard InChI is InChI=1S/C11H12F3NO3S/c1-19(16,17)11-7(12)4-6(9(13)10(11)14)8-5-15-2-3-18-8/h4,8,15H,2-3,5H2,1H3. The number of hydrogen-bond donors (Lipinski definition) is 1. The van der Waals surface area contributed by atoms with Crippen molar-refractivity contribution >= 4 is 9.84 Å². The van der Waals surface area contributed by atoms with Crippen LogP contribution in [0.15, 0.2) is 11.0 Å². The van der Waals surface area contributed by atoms with Gasteiger partial charge in [0.25, 0.3) is 0 Å². The minimum atomic E-state index is -4.18. The SMILES string of the molecule is CS(=O)(=O)c1c(F)cc(C2CNCCO2)c(F)c1F. The fourth-order valence-corrected chi connectivity index (χ4v) is 2.76. The van der Waals surface area contributed by atoms with Crippen LogP contribution in [0.4, 0.5) is 13.2 Å². The number of morpholine rings is 1. The Labute approximate surface area is 108 Å². The van der Waals surface area contributed by atoms with Gasteiger partial charge in [0.05, 0.1) is 12.7 Å². The number of benzene rings is 1. The van der Waals surface area contributed by atoms with E-state index in [0.29, 0.717) is 18.9 Å². The van der Waals surface area contributed by atoms with Crippen LogP contribution in [0.3, 0.4) is 0 Å². The molecule has 1 aromatic rings. The molecule has 1 atom stereocenters. The van der Waals surface area contributed by atoms with E-state index in [1.54, 1.807) is 0 Å². The topological polar surface area (TPSA) is 55.4 Å². The van der Waals surface area contributed by atoms with Crippen molar-refractivity contribution < 1.29 is 26.3 Å². The number of hydrogen-bond acceptors (Lipinski definition) is 4. The molecule has 1 heterocycles. The lowest BCUT2D eigenvalue weighted by atomic mass is 10.1. The van der Waals surface area contributed by atoms with Crippen LogP contribution in [0.2, 0.25) is 0 Å². The average Bonchev–Trinajstić information content (AvgIpc) is 2.33. The molecule has 0 aliphatic carbocycles. The molecule has 0 aromatic heterocycles. The van der Waals surface area contributed by atoms with Gasteiger partial charge >= 0.3 is 0 Å². The Morgan fingerprint density at radius 2 is 2.00 bits per heavy atom. The second-order valence-corrected chi connectivity index (χ2v) is 6.19. The molecule has 8 heteroatoms. The predicted octanol–water partition coefficient (Wildman–Crippen LogP) is 1.17. The van der Waals surface area contributed by atoms with Crippen LogP contribution in [-0.4, -0.2) is 34.4 Å². The summed E-state index contributed by atoms with van der Waals surface area (Å²) in [6.45, 7) is 1.04. The number of rotatable bonds is 2. The summed E-state index contributed by atoms with van der Waals surface area (Å²) in [5, 5.41) is 2.89. The zero-order valence-corrected chi connectivity index (χ0v) is 10.9. The maximum atomic E-state index is 13.8. The molecular weight excluding hydrogens is 283 g/mol. The summed E-state index contributed by atoms with van der Waals surface area (Å²) in [6.07, 6.45) is -0.224. The average molecular weight is 295 g/mol. The van der Waals surface area contributed by atoms with Crippen molar-refractivity contribution in [2.75, 3.05) is 26.0 Å². The van der Waals surface area contributed by atoms with Crippen molar-refractivity contribution in [1.29, 1.82) is 0 Å². The molecule has 19 heavy (non-hydrogen) atoms. The second kappa shape index (κ2) is 5.10. The van der Waals surface area contributed by atoms with Crippen LogP contribution in [0, 0.1) is 17.5 Å². The first-order valence-electron chi connectivity index (χ1n) is 5.52. The van der Waals surface area contributed by atoms with Gasteiger partial charge in [-0.1, -0.05) is 0 Å². The third-order valence-corrected chi connectivity index (χ3v) is 3.91. The lowest BCUT2D eigenvalue weighted by molar-refractivity contribution is 0.0247. The number of sulfone groups is 1. The fraction of sp³-hybridized carbons (Fsp3) is 0.455. The Kier molecular flexibility index (Phi) is 3.84. The molecule has 1 fully saturated rings. The van der Waals surface area contributed by atoms with Gasteiger partial charge in [-0.15, -0.1) is 0 Å². The summed E-state index contributed by atoms with van der Waals surface area (Å²) in [6, 6.07) is 0.673. The highest BCUT2D eigenvalue weighted by Crippen LogP contribution is 2.29.